The summed E-state index contributed by atoms with van der Waals surface area (Å²) in [4.78, 5) is 21.2. The van der Waals surface area contributed by atoms with Crippen LogP contribution in [0.1, 0.15) is 32.7 Å². The fourth-order valence-electron chi connectivity index (χ4n) is 7.76. The first-order chi connectivity index (χ1) is 28.6. The summed E-state index contributed by atoms with van der Waals surface area (Å²) in [5, 5.41) is 5.50. The minimum Gasteiger partial charge on any atom is -0.456 e. The third-order valence-electron chi connectivity index (χ3n) is 10.4. The Balaban J connectivity index is 1.16. The first-order valence-electron chi connectivity index (χ1n) is 19.0. The lowest BCUT2D eigenvalue weighted by Crippen LogP contribution is -2.12. The van der Waals surface area contributed by atoms with Gasteiger partial charge < -0.3 is 10.2 Å². The Morgan fingerprint density at radius 3 is 1.95 bits per heavy atom. The molecule has 3 aromatic heterocycles. The quantitative estimate of drug-likeness (QED) is 0.123. The van der Waals surface area contributed by atoms with E-state index in [-0.39, 0.29) is 0 Å². The number of hydrogen-bond acceptors (Lipinski definition) is 5. The van der Waals surface area contributed by atoms with Gasteiger partial charge in [-0.2, -0.15) is 0 Å². The van der Waals surface area contributed by atoms with Gasteiger partial charge in [0, 0.05) is 69.0 Å². The third-order valence-corrected chi connectivity index (χ3v) is 12.7. The number of rotatable bonds is 8. The lowest BCUT2D eigenvalue weighted by atomic mass is 9.98. The summed E-state index contributed by atoms with van der Waals surface area (Å²) < 4.78 is 10.3. The van der Waals surface area contributed by atoms with E-state index in [0.717, 1.165) is 70.4 Å². The van der Waals surface area contributed by atoms with Crippen LogP contribution in [-0.4, -0.2) is 24.2 Å². The number of furan rings is 1. The van der Waals surface area contributed by atoms with Gasteiger partial charge in [-0.25, -0.2) is 15.0 Å². The van der Waals surface area contributed by atoms with E-state index in [1.807, 2.05) is 78.9 Å². The molecule has 0 unspecified atom stereocenters. The number of nitrogens with two attached hydrogens (primary N) is 1. The highest BCUT2D eigenvalue weighted by molar-refractivity contribution is 7.25. The molecule has 7 aromatic carbocycles. The predicted octanol–water partition coefficient (Wildman–Crippen LogP) is 12.9. The van der Waals surface area contributed by atoms with Gasteiger partial charge in [-0.1, -0.05) is 133 Å². The fourth-order valence-corrected chi connectivity index (χ4v) is 10.1. The van der Waals surface area contributed by atoms with Gasteiger partial charge in [0.25, 0.3) is 0 Å². The molecule has 0 fully saturated rings. The zero-order valence-electron chi connectivity index (χ0n) is 31.3. The van der Waals surface area contributed by atoms with Crippen LogP contribution in [0.5, 0.6) is 0 Å². The van der Waals surface area contributed by atoms with Crippen molar-refractivity contribution < 1.29 is 4.42 Å². The van der Waals surface area contributed by atoms with E-state index in [0.29, 0.717) is 30.5 Å². The second kappa shape index (κ2) is 15.2. The minimum absolute atomic E-state index is 0.418. The van der Waals surface area contributed by atoms with Crippen molar-refractivity contribution in [2.45, 2.75) is 13.0 Å². The Labute approximate surface area is 342 Å². The second-order valence-corrected chi connectivity index (χ2v) is 16.2. The van der Waals surface area contributed by atoms with Crippen LogP contribution in [0.15, 0.2) is 188 Å². The van der Waals surface area contributed by atoms with E-state index in [9.17, 15) is 0 Å². The van der Waals surface area contributed by atoms with Gasteiger partial charge in [0.2, 0.25) is 0 Å². The Hall–Kier alpha value is -7.00. The van der Waals surface area contributed by atoms with Crippen molar-refractivity contribution in [3.05, 3.63) is 196 Å². The highest BCUT2D eigenvalue weighted by Crippen LogP contribution is 2.42. The first-order valence-corrected chi connectivity index (χ1v) is 20.6. The maximum atomic E-state index is 6.66. The molecule has 10 aromatic rings. The van der Waals surface area contributed by atoms with E-state index in [1.165, 1.54) is 20.2 Å². The molecular weight excluding hydrogens is 751 g/mol. The lowest BCUT2D eigenvalue weighted by Gasteiger charge is -2.09. The van der Waals surface area contributed by atoms with Crippen molar-refractivity contribution in [3.63, 3.8) is 0 Å². The number of aliphatic imine (C=N–C) groups is 4. The van der Waals surface area contributed by atoms with Crippen molar-refractivity contribution in [2.75, 3.05) is 0 Å². The van der Waals surface area contributed by atoms with E-state index in [1.54, 1.807) is 22.7 Å². The normalized spacial score (nSPS) is 12.7. The van der Waals surface area contributed by atoms with Crippen LogP contribution in [0.2, 0.25) is 0 Å². The van der Waals surface area contributed by atoms with E-state index in [4.69, 9.17) is 25.1 Å². The van der Waals surface area contributed by atoms with Crippen molar-refractivity contribution in [1.29, 1.82) is 0 Å². The molecule has 0 radical (unpaired) electrons. The van der Waals surface area contributed by atoms with Crippen molar-refractivity contribution in [2.24, 2.45) is 25.7 Å². The molecule has 0 saturated heterocycles. The van der Waals surface area contributed by atoms with Gasteiger partial charge in [0.15, 0.2) is 11.7 Å². The Bertz CT molecular complexity index is 3260. The molecule has 0 atom stereocenters. The predicted molar refractivity (Wildman–Crippen MR) is 247 cm³/mol. The summed E-state index contributed by atoms with van der Waals surface area (Å²) in [6.07, 6.45) is 0.618. The van der Waals surface area contributed by atoms with E-state index in [2.05, 4.69) is 96.6 Å². The van der Waals surface area contributed by atoms with Crippen LogP contribution in [0, 0.1) is 0 Å². The summed E-state index contributed by atoms with van der Waals surface area (Å²) in [7, 11) is 0. The van der Waals surface area contributed by atoms with Gasteiger partial charge in [0.1, 0.15) is 17.0 Å². The van der Waals surface area contributed by atoms with Crippen LogP contribution in [0.3, 0.4) is 0 Å². The van der Waals surface area contributed by atoms with Gasteiger partial charge in [-0.05, 0) is 48.2 Å². The van der Waals surface area contributed by atoms with Gasteiger partial charge in [0.05, 0.1) is 12.2 Å². The van der Waals surface area contributed by atoms with E-state index < -0.39 is 0 Å². The van der Waals surface area contributed by atoms with Gasteiger partial charge in [-0.15, -0.1) is 22.7 Å². The molecule has 10 rings (SSSR count). The lowest BCUT2D eigenvalue weighted by molar-refractivity contribution is 0.668. The minimum atomic E-state index is 0.418. The molecule has 0 amide bonds. The fraction of sp³-hybridized carbons (Fsp3) is 0.0400. The smallest absolute Gasteiger partial charge is 0.161 e. The second-order valence-electron chi connectivity index (χ2n) is 14.0. The summed E-state index contributed by atoms with van der Waals surface area (Å²) in [6, 6.07) is 55.6. The molecule has 0 aliphatic carbocycles. The molecule has 0 saturated carbocycles. The molecule has 8 heteroatoms. The molecule has 278 valence electrons. The molecule has 0 aliphatic heterocycles. The zero-order valence-corrected chi connectivity index (χ0v) is 32.9. The molecule has 2 N–H and O–H groups in total. The summed E-state index contributed by atoms with van der Waals surface area (Å²) >= 11 is 3.55. The number of fused-ring (bicyclic) bond motifs is 7. The molecule has 3 heterocycles. The average Bonchev–Trinajstić information content (AvgIpc) is 3.96. The number of amidine groups is 3. The molecular formula is C50H35N5OS2. The van der Waals surface area contributed by atoms with Gasteiger partial charge >= 0.3 is 0 Å². The monoisotopic (exact) mass is 785 g/mol. The zero-order chi connectivity index (χ0) is 39.0. The number of hydrogen-bond donors (Lipinski definition) is 1. The highest BCUT2D eigenvalue weighted by atomic mass is 32.1. The molecule has 0 bridgehead atoms. The van der Waals surface area contributed by atoms with Gasteiger partial charge in [-0.3, -0.25) is 4.99 Å². The topological polar surface area (TPSA) is 88.6 Å². The number of thiophene rings is 2. The molecule has 0 spiro atoms. The largest absolute Gasteiger partial charge is 0.456 e. The van der Waals surface area contributed by atoms with Crippen LogP contribution < -0.4 is 5.73 Å². The maximum absolute atomic E-state index is 6.66. The summed E-state index contributed by atoms with van der Waals surface area (Å²) in [6.45, 7) is 4.35. The Morgan fingerprint density at radius 1 is 0.552 bits per heavy atom. The van der Waals surface area contributed by atoms with Crippen LogP contribution in [-0.2, 0) is 13.0 Å². The SMILES string of the molecule is C=NC(=NC(=NCc1cccc2sc3ccccc3c12)c1cccc2oc3cccc(Cc4sc5ccccc5c4N=C(N)c4ccccc4)c3c12)c1ccccc1. The van der Waals surface area contributed by atoms with Crippen LogP contribution >= 0.6 is 22.7 Å². The number of benzene rings is 7. The van der Waals surface area contributed by atoms with Crippen LogP contribution in [0.25, 0.3) is 52.2 Å². The number of nitrogens with zero attached hydrogens (tertiary/aromatic N) is 4. The van der Waals surface area contributed by atoms with Crippen molar-refractivity contribution in [3.8, 4) is 0 Å². The maximum Gasteiger partial charge on any atom is 0.161 e. The molecule has 6 nitrogen and oxygen atoms in total. The molecule has 58 heavy (non-hydrogen) atoms. The standard InChI is InChI=1S/C50H35N5OS2/c1-52-49(32-17-6-3-7-18-32)55-50(53-30-34-20-13-28-42-44(34)35-21-8-10-26-40(35)57-42)37-23-14-25-39-46(37)45-33(19-12-24-38(45)56-39)29-43-47(36-22-9-11-27-41(36)58-43)54-48(51)31-15-4-2-5-16-31/h2-28H,1,29-30H2,(H2,51,54). The Kier molecular flexibility index (Phi) is 9.25. The van der Waals surface area contributed by atoms with Crippen molar-refractivity contribution in [1.82, 2.24) is 0 Å². The molecule has 0 aliphatic rings. The summed E-state index contributed by atoms with van der Waals surface area (Å²) in [5.41, 5.74) is 13.9. The van der Waals surface area contributed by atoms with Crippen LogP contribution in [0.4, 0.5) is 5.69 Å². The first kappa shape index (κ1) is 35.4. The average molecular weight is 786 g/mol. The summed E-state index contributed by atoms with van der Waals surface area (Å²) in [5.74, 6) is 1.52. The van der Waals surface area contributed by atoms with Crippen molar-refractivity contribution >= 4 is 105 Å². The Morgan fingerprint density at radius 2 is 1.17 bits per heavy atom. The third kappa shape index (κ3) is 6.48. The highest BCUT2D eigenvalue weighted by Gasteiger charge is 2.21. The van der Waals surface area contributed by atoms with E-state index >= 15 is 0 Å².